The van der Waals surface area contributed by atoms with Crippen molar-refractivity contribution < 1.29 is 5.11 Å². The van der Waals surface area contributed by atoms with E-state index in [1.54, 1.807) is 0 Å². The Labute approximate surface area is 168 Å². The van der Waals surface area contributed by atoms with Gasteiger partial charge in [0.25, 0.3) is 0 Å². The summed E-state index contributed by atoms with van der Waals surface area (Å²) in [6.45, 7) is 7.10. The van der Waals surface area contributed by atoms with Crippen molar-refractivity contribution in [3.05, 3.63) is 12.1 Å². The topological polar surface area (TPSA) is 93.2 Å². The molecule has 10 heteroatoms. The first-order chi connectivity index (χ1) is 13.3. The zero-order chi connectivity index (χ0) is 18.6. The van der Waals surface area contributed by atoms with Crippen LogP contribution in [0.25, 0.3) is 11.4 Å². The van der Waals surface area contributed by atoms with Gasteiger partial charge in [-0.1, -0.05) is 0 Å². The summed E-state index contributed by atoms with van der Waals surface area (Å²) in [5.41, 5.74) is 2.06. The molecular weight excluding hydrogens is 382 g/mol. The maximum atomic E-state index is 9.04. The lowest BCUT2D eigenvalue weighted by Crippen LogP contribution is -2.47. The number of tetrazole rings is 1. The van der Waals surface area contributed by atoms with Gasteiger partial charge in [0.2, 0.25) is 5.82 Å². The SMILES string of the molecule is OCCCN1CCN(c2ccc(SC3CNC3)c(S)c2-c2nn[nH]n2)CC1. The number of rotatable bonds is 7. The highest BCUT2D eigenvalue weighted by Crippen LogP contribution is 2.41. The summed E-state index contributed by atoms with van der Waals surface area (Å²) in [6, 6.07) is 4.34. The largest absolute Gasteiger partial charge is 0.396 e. The second-order valence-corrected chi connectivity index (χ2v) is 8.64. The molecule has 2 saturated heterocycles. The van der Waals surface area contributed by atoms with Crippen LogP contribution >= 0.6 is 24.4 Å². The summed E-state index contributed by atoms with van der Waals surface area (Å²) in [5.74, 6) is 0.590. The van der Waals surface area contributed by atoms with E-state index < -0.39 is 0 Å². The van der Waals surface area contributed by atoms with Gasteiger partial charge in [-0.3, -0.25) is 4.90 Å². The molecule has 1 aromatic heterocycles. The minimum Gasteiger partial charge on any atom is -0.396 e. The van der Waals surface area contributed by atoms with Crippen molar-refractivity contribution in [2.45, 2.75) is 21.5 Å². The van der Waals surface area contributed by atoms with E-state index in [0.29, 0.717) is 11.1 Å². The Morgan fingerprint density at radius 3 is 2.67 bits per heavy atom. The number of hydrogen-bond donors (Lipinski definition) is 4. The van der Waals surface area contributed by atoms with E-state index in [1.165, 1.54) is 0 Å². The Morgan fingerprint density at radius 2 is 2.04 bits per heavy atom. The Balaban J connectivity index is 1.57. The number of nitrogens with zero attached hydrogens (tertiary/aromatic N) is 5. The van der Waals surface area contributed by atoms with Gasteiger partial charge in [-0.05, 0) is 23.8 Å². The van der Waals surface area contributed by atoms with Crippen LogP contribution in [0.15, 0.2) is 21.9 Å². The fourth-order valence-electron chi connectivity index (χ4n) is 3.44. The van der Waals surface area contributed by atoms with Gasteiger partial charge < -0.3 is 15.3 Å². The van der Waals surface area contributed by atoms with E-state index in [1.807, 2.05) is 11.8 Å². The molecule has 2 aliphatic heterocycles. The van der Waals surface area contributed by atoms with Gasteiger partial charge in [-0.2, -0.15) is 5.21 Å². The van der Waals surface area contributed by atoms with Crippen LogP contribution in [0.3, 0.4) is 0 Å². The number of thioether (sulfide) groups is 1. The molecule has 146 valence electrons. The van der Waals surface area contributed by atoms with Gasteiger partial charge in [0.1, 0.15) is 0 Å². The molecule has 0 radical (unpaired) electrons. The number of aliphatic hydroxyl groups excluding tert-OH is 1. The summed E-state index contributed by atoms with van der Waals surface area (Å²) in [4.78, 5) is 6.86. The monoisotopic (exact) mass is 407 g/mol. The van der Waals surface area contributed by atoms with E-state index in [9.17, 15) is 0 Å². The van der Waals surface area contributed by atoms with Crippen molar-refractivity contribution in [3.8, 4) is 11.4 Å². The molecule has 4 rings (SSSR count). The molecule has 1 aromatic carbocycles. The van der Waals surface area contributed by atoms with Crippen molar-refractivity contribution >= 4 is 30.1 Å². The lowest BCUT2D eigenvalue weighted by molar-refractivity contribution is 0.216. The Morgan fingerprint density at radius 1 is 1.22 bits per heavy atom. The third-order valence-corrected chi connectivity index (χ3v) is 6.95. The normalized spacial score (nSPS) is 18.7. The minimum atomic E-state index is 0.251. The van der Waals surface area contributed by atoms with Gasteiger partial charge in [0, 0.05) is 73.1 Å². The molecule has 2 fully saturated rings. The lowest BCUT2D eigenvalue weighted by Gasteiger charge is -2.37. The van der Waals surface area contributed by atoms with Crippen molar-refractivity contribution in [1.29, 1.82) is 0 Å². The molecule has 0 atom stereocenters. The summed E-state index contributed by atoms with van der Waals surface area (Å²) >= 11 is 6.72. The first-order valence-corrected chi connectivity index (χ1v) is 10.6. The van der Waals surface area contributed by atoms with E-state index in [-0.39, 0.29) is 6.61 Å². The number of anilines is 1. The molecule has 0 bridgehead atoms. The smallest absolute Gasteiger partial charge is 0.207 e. The molecule has 0 aliphatic carbocycles. The lowest BCUT2D eigenvalue weighted by atomic mass is 10.1. The molecule has 8 nitrogen and oxygen atoms in total. The molecule has 2 aromatic rings. The summed E-state index contributed by atoms with van der Waals surface area (Å²) < 4.78 is 0. The minimum absolute atomic E-state index is 0.251. The molecule has 27 heavy (non-hydrogen) atoms. The number of H-pyrrole nitrogens is 1. The Bertz CT molecular complexity index is 746. The zero-order valence-electron chi connectivity index (χ0n) is 15.1. The van der Waals surface area contributed by atoms with Crippen LogP contribution in [0, 0.1) is 0 Å². The van der Waals surface area contributed by atoms with Gasteiger partial charge in [-0.25, -0.2) is 0 Å². The van der Waals surface area contributed by atoms with Crippen molar-refractivity contribution in [2.75, 3.05) is 57.3 Å². The molecule has 2 aliphatic rings. The average Bonchev–Trinajstić information content (AvgIpc) is 3.18. The third-order valence-electron chi connectivity index (χ3n) is 5.07. The molecule has 0 spiro atoms. The summed E-state index contributed by atoms with van der Waals surface area (Å²) in [6.07, 6.45) is 0.830. The van der Waals surface area contributed by atoms with Gasteiger partial charge in [0.05, 0.1) is 5.56 Å². The Kier molecular flexibility index (Phi) is 6.18. The van der Waals surface area contributed by atoms with Gasteiger partial charge >= 0.3 is 0 Å². The van der Waals surface area contributed by atoms with Crippen molar-refractivity contribution in [2.24, 2.45) is 0 Å². The average molecular weight is 408 g/mol. The fourth-order valence-corrected chi connectivity index (χ4v) is 5.01. The molecule has 0 unspecified atom stereocenters. The number of thiol groups is 1. The van der Waals surface area contributed by atoms with Crippen molar-refractivity contribution in [3.63, 3.8) is 0 Å². The van der Waals surface area contributed by atoms with Crippen LogP contribution in [0.5, 0.6) is 0 Å². The van der Waals surface area contributed by atoms with E-state index in [2.05, 4.69) is 47.9 Å². The summed E-state index contributed by atoms with van der Waals surface area (Å²) in [5, 5.41) is 27.7. The second-order valence-electron chi connectivity index (χ2n) is 6.85. The molecule has 3 heterocycles. The Hall–Kier alpha value is -1.33. The van der Waals surface area contributed by atoms with Crippen LogP contribution in [-0.2, 0) is 0 Å². The van der Waals surface area contributed by atoms with Crippen LogP contribution in [0.4, 0.5) is 5.69 Å². The molecule has 0 saturated carbocycles. The number of hydrogen-bond acceptors (Lipinski definition) is 9. The van der Waals surface area contributed by atoms with E-state index in [0.717, 1.165) is 73.3 Å². The zero-order valence-corrected chi connectivity index (χ0v) is 16.8. The highest BCUT2D eigenvalue weighted by molar-refractivity contribution is 8.00. The maximum absolute atomic E-state index is 9.04. The maximum Gasteiger partial charge on any atom is 0.207 e. The number of aromatic nitrogens is 4. The van der Waals surface area contributed by atoms with E-state index in [4.69, 9.17) is 17.7 Å². The highest BCUT2D eigenvalue weighted by atomic mass is 32.2. The van der Waals surface area contributed by atoms with Crippen LogP contribution in [0.1, 0.15) is 6.42 Å². The number of benzene rings is 1. The first-order valence-electron chi connectivity index (χ1n) is 9.31. The summed E-state index contributed by atoms with van der Waals surface area (Å²) in [7, 11) is 0. The van der Waals surface area contributed by atoms with Gasteiger partial charge in [-0.15, -0.1) is 34.6 Å². The first kappa shape index (κ1) is 19.0. The number of aliphatic hydroxyl groups is 1. The highest BCUT2D eigenvalue weighted by Gasteiger charge is 2.26. The van der Waals surface area contributed by atoms with Crippen LogP contribution in [0.2, 0.25) is 0 Å². The fraction of sp³-hybridized carbons (Fsp3) is 0.588. The van der Waals surface area contributed by atoms with E-state index >= 15 is 0 Å². The number of nitrogens with one attached hydrogen (secondary N) is 2. The van der Waals surface area contributed by atoms with Crippen LogP contribution in [-0.4, -0.2) is 88.3 Å². The molecule has 3 N–H and O–H groups in total. The predicted octanol–water partition coefficient (Wildman–Crippen LogP) is 0.724. The van der Waals surface area contributed by atoms with Crippen molar-refractivity contribution in [1.82, 2.24) is 30.8 Å². The van der Waals surface area contributed by atoms with Gasteiger partial charge in [0.15, 0.2) is 0 Å². The number of aromatic amines is 1. The molecular formula is C17H25N7OS2. The standard InChI is InChI=1S/C17H25N7OS2/c25-9-1-4-23-5-7-24(8-6-23)13-2-3-14(27-12-10-18-11-12)16(26)15(13)17-19-21-22-20-17/h2-3,12,18,25-26H,1,4-11H2,(H,19,20,21,22). The second kappa shape index (κ2) is 8.78. The van der Waals surface area contributed by atoms with Crippen LogP contribution < -0.4 is 10.2 Å². The molecule has 0 amide bonds. The third kappa shape index (κ3) is 4.24. The number of piperazine rings is 1. The quantitative estimate of drug-likeness (QED) is 0.499. The predicted molar refractivity (Wildman–Crippen MR) is 110 cm³/mol.